The normalized spacial score (nSPS) is 11.8. The monoisotopic (exact) mass is 318 g/mol. The Labute approximate surface area is 129 Å². The molecule has 1 aromatic heterocycles. The van der Waals surface area contributed by atoms with E-state index < -0.39 is 30.2 Å². The number of hydrogen-bond acceptors (Lipinski definition) is 5. The standard InChI is InChI=1S/C14H14N4O5/c15-11(19)5-10(14(22)23)16-12(20)6-9-7-3-1-2-4-8(7)13(21)18-17-9/h1-4,10H,5-6H2,(H2,15,19)(H,16,20)(H,18,21)(H,22,23)/t10-/m0/s1. The van der Waals surface area contributed by atoms with Gasteiger partial charge in [-0.25, -0.2) is 9.89 Å². The molecule has 1 heterocycles. The molecule has 0 aliphatic heterocycles. The van der Waals surface area contributed by atoms with Gasteiger partial charge in [0.05, 0.1) is 23.9 Å². The van der Waals surface area contributed by atoms with Crippen LogP contribution < -0.4 is 16.6 Å². The number of aliphatic carboxylic acids is 1. The number of nitrogens with zero attached hydrogens (tertiary/aromatic N) is 1. The predicted molar refractivity (Wildman–Crippen MR) is 79.4 cm³/mol. The van der Waals surface area contributed by atoms with Crippen LogP contribution in [0.5, 0.6) is 0 Å². The van der Waals surface area contributed by atoms with E-state index in [1.54, 1.807) is 24.3 Å². The lowest BCUT2D eigenvalue weighted by molar-refractivity contribution is -0.143. The highest BCUT2D eigenvalue weighted by Gasteiger charge is 2.22. The molecule has 0 aliphatic carbocycles. The zero-order valence-corrected chi connectivity index (χ0v) is 11.9. The van der Waals surface area contributed by atoms with E-state index in [0.29, 0.717) is 16.5 Å². The first-order valence-electron chi connectivity index (χ1n) is 6.65. The molecule has 0 aliphatic rings. The third-order valence-corrected chi connectivity index (χ3v) is 3.14. The summed E-state index contributed by atoms with van der Waals surface area (Å²) < 4.78 is 0. The number of carbonyl (C=O) groups is 3. The van der Waals surface area contributed by atoms with Crippen molar-refractivity contribution < 1.29 is 19.5 Å². The number of carbonyl (C=O) groups excluding carboxylic acids is 2. The number of aromatic nitrogens is 2. The van der Waals surface area contributed by atoms with Gasteiger partial charge in [0.2, 0.25) is 11.8 Å². The first-order valence-corrected chi connectivity index (χ1v) is 6.65. The van der Waals surface area contributed by atoms with Crippen LogP contribution >= 0.6 is 0 Å². The molecule has 2 rings (SSSR count). The number of hydrogen-bond donors (Lipinski definition) is 4. The van der Waals surface area contributed by atoms with Gasteiger partial charge >= 0.3 is 5.97 Å². The van der Waals surface area contributed by atoms with E-state index >= 15 is 0 Å². The van der Waals surface area contributed by atoms with E-state index in [4.69, 9.17) is 10.8 Å². The number of fused-ring (bicyclic) bond motifs is 1. The summed E-state index contributed by atoms with van der Waals surface area (Å²) in [6.07, 6.45) is -0.763. The van der Waals surface area contributed by atoms with Crippen molar-refractivity contribution in [2.75, 3.05) is 0 Å². The molecule has 0 radical (unpaired) electrons. The van der Waals surface area contributed by atoms with E-state index in [1.165, 1.54) is 0 Å². The summed E-state index contributed by atoms with van der Waals surface area (Å²) in [5.41, 5.74) is 4.85. The van der Waals surface area contributed by atoms with Crippen LogP contribution in [0.2, 0.25) is 0 Å². The van der Waals surface area contributed by atoms with Crippen molar-refractivity contribution in [1.82, 2.24) is 15.5 Å². The molecule has 0 spiro atoms. The van der Waals surface area contributed by atoms with Gasteiger partial charge < -0.3 is 16.2 Å². The molecule has 120 valence electrons. The second-order valence-electron chi connectivity index (χ2n) is 4.85. The van der Waals surface area contributed by atoms with Crippen LogP contribution in [0.15, 0.2) is 29.1 Å². The van der Waals surface area contributed by atoms with Crippen LogP contribution in [-0.2, 0) is 20.8 Å². The molecule has 23 heavy (non-hydrogen) atoms. The summed E-state index contributed by atoms with van der Waals surface area (Å²) in [4.78, 5) is 45.5. The summed E-state index contributed by atoms with van der Waals surface area (Å²) in [6.45, 7) is 0. The smallest absolute Gasteiger partial charge is 0.326 e. The average molecular weight is 318 g/mol. The molecule has 1 atom stereocenters. The van der Waals surface area contributed by atoms with Gasteiger partial charge in [-0.15, -0.1) is 0 Å². The van der Waals surface area contributed by atoms with Crippen molar-refractivity contribution in [1.29, 1.82) is 0 Å². The van der Waals surface area contributed by atoms with Crippen LogP contribution in [0, 0.1) is 0 Å². The molecule has 0 unspecified atom stereocenters. The Morgan fingerprint density at radius 3 is 2.52 bits per heavy atom. The number of H-pyrrole nitrogens is 1. The Hall–Kier alpha value is -3.23. The molecular formula is C14H14N4O5. The highest BCUT2D eigenvalue weighted by Crippen LogP contribution is 2.12. The summed E-state index contributed by atoms with van der Waals surface area (Å²) >= 11 is 0. The van der Waals surface area contributed by atoms with Gasteiger partial charge in [-0.2, -0.15) is 5.10 Å². The quantitative estimate of drug-likeness (QED) is 0.530. The Balaban J connectivity index is 2.20. The Bertz CT molecular complexity index is 829. The summed E-state index contributed by atoms with van der Waals surface area (Å²) in [6, 6.07) is 5.18. The number of nitrogens with two attached hydrogens (primary N) is 1. The van der Waals surface area contributed by atoms with E-state index in [-0.39, 0.29) is 12.0 Å². The van der Waals surface area contributed by atoms with Crippen molar-refractivity contribution in [2.24, 2.45) is 5.73 Å². The molecule has 2 aromatic rings. The van der Waals surface area contributed by atoms with E-state index in [9.17, 15) is 19.2 Å². The molecule has 9 heteroatoms. The van der Waals surface area contributed by atoms with Crippen molar-refractivity contribution in [3.8, 4) is 0 Å². The number of aromatic amines is 1. The van der Waals surface area contributed by atoms with Crippen molar-refractivity contribution in [3.63, 3.8) is 0 Å². The minimum Gasteiger partial charge on any atom is -0.480 e. The molecule has 5 N–H and O–H groups in total. The number of rotatable bonds is 6. The number of amides is 2. The molecule has 0 bridgehead atoms. The predicted octanol–water partition coefficient (Wildman–Crippen LogP) is -1.09. The topological polar surface area (TPSA) is 155 Å². The third kappa shape index (κ3) is 3.90. The number of carboxylic acid groups (broad SMARTS) is 1. The Morgan fingerprint density at radius 1 is 1.26 bits per heavy atom. The van der Waals surface area contributed by atoms with Gasteiger partial charge in [-0.1, -0.05) is 18.2 Å². The summed E-state index contributed by atoms with van der Waals surface area (Å²) in [5.74, 6) is -2.86. The SMILES string of the molecule is NC(=O)C[C@H](NC(=O)Cc1n[nH]c(=O)c2ccccc12)C(=O)O. The maximum Gasteiger partial charge on any atom is 0.326 e. The number of nitrogens with one attached hydrogen (secondary N) is 2. The van der Waals surface area contributed by atoms with Gasteiger partial charge in [0.15, 0.2) is 0 Å². The summed E-state index contributed by atoms with van der Waals surface area (Å²) in [7, 11) is 0. The van der Waals surface area contributed by atoms with Crippen molar-refractivity contribution >= 4 is 28.6 Å². The molecular weight excluding hydrogens is 304 g/mol. The van der Waals surface area contributed by atoms with Gasteiger partial charge in [0.25, 0.3) is 5.56 Å². The second-order valence-corrected chi connectivity index (χ2v) is 4.85. The fourth-order valence-electron chi connectivity index (χ4n) is 2.10. The first-order chi connectivity index (χ1) is 10.9. The maximum absolute atomic E-state index is 12.0. The zero-order chi connectivity index (χ0) is 17.0. The third-order valence-electron chi connectivity index (χ3n) is 3.14. The highest BCUT2D eigenvalue weighted by molar-refractivity contribution is 5.91. The van der Waals surface area contributed by atoms with Crippen LogP contribution in [0.3, 0.4) is 0 Å². The van der Waals surface area contributed by atoms with Gasteiger partial charge in [-0.05, 0) is 6.07 Å². The minimum absolute atomic E-state index is 0.250. The number of carboxylic acids is 1. The minimum atomic E-state index is -1.41. The van der Waals surface area contributed by atoms with E-state index in [0.717, 1.165) is 0 Å². The van der Waals surface area contributed by atoms with E-state index in [1.807, 2.05) is 0 Å². The van der Waals surface area contributed by atoms with Crippen LogP contribution in [0.1, 0.15) is 12.1 Å². The van der Waals surface area contributed by atoms with Gasteiger partial charge in [0.1, 0.15) is 6.04 Å². The fourth-order valence-corrected chi connectivity index (χ4v) is 2.10. The number of benzene rings is 1. The van der Waals surface area contributed by atoms with Gasteiger partial charge in [-0.3, -0.25) is 14.4 Å². The Morgan fingerprint density at radius 2 is 1.91 bits per heavy atom. The molecule has 0 saturated carbocycles. The fraction of sp³-hybridized carbons (Fsp3) is 0.214. The molecule has 9 nitrogen and oxygen atoms in total. The largest absolute Gasteiger partial charge is 0.480 e. The molecule has 0 fully saturated rings. The van der Waals surface area contributed by atoms with Crippen molar-refractivity contribution in [3.05, 3.63) is 40.3 Å². The van der Waals surface area contributed by atoms with Gasteiger partial charge in [0, 0.05) is 5.39 Å². The lowest BCUT2D eigenvalue weighted by Gasteiger charge is -2.13. The Kier molecular flexibility index (Phi) is 4.69. The lowest BCUT2D eigenvalue weighted by atomic mass is 10.1. The number of primary amides is 1. The molecule has 0 saturated heterocycles. The zero-order valence-electron chi connectivity index (χ0n) is 11.9. The maximum atomic E-state index is 12.0. The van der Waals surface area contributed by atoms with E-state index in [2.05, 4.69) is 15.5 Å². The summed E-state index contributed by atoms with van der Waals surface area (Å²) in [5, 5.41) is 18.1. The van der Waals surface area contributed by atoms with Crippen LogP contribution in [-0.4, -0.2) is 39.1 Å². The molecule has 1 aromatic carbocycles. The van der Waals surface area contributed by atoms with Crippen molar-refractivity contribution in [2.45, 2.75) is 18.9 Å². The first kappa shape index (κ1) is 16.1. The average Bonchev–Trinajstić information content (AvgIpc) is 2.49. The van der Waals surface area contributed by atoms with Crippen LogP contribution in [0.4, 0.5) is 0 Å². The lowest BCUT2D eigenvalue weighted by Crippen LogP contribution is -2.44. The van der Waals surface area contributed by atoms with Crippen LogP contribution in [0.25, 0.3) is 10.8 Å². The second kappa shape index (κ2) is 6.69. The molecule has 2 amide bonds. The highest BCUT2D eigenvalue weighted by atomic mass is 16.4.